The van der Waals surface area contributed by atoms with E-state index in [1.807, 2.05) is 18.5 Å². The first kappa shape index (κ1) is 17.4. The number of aromatic nitrogens is 3. The fraction of sp³-hybridized carbons (Fsp3) is 0.786. The Balaban J connectivity index is 2.56. The van der Waals surface area contributed by atoms with E-state index in [9.17, 15) is 0 Å². The number of nitrogens with one attached hydrogen (secondary N) is 2. The molecule has 1 aromatic rings. The van der Waals surface area contributed by atoms with Gasteiger partial charge in [-0.1, -0.05) is 13.8 Å². The molecular weight excluding hydrogens is 268 g/mol. The van der Waals surface area contributed by atoms with Gasteiger partial charge in [-0.2, -0.15) is 0 Å². The third-order valence-electron chi connectivity index (χ3n) is 3.06. The van der Waals surface area contributed by atoms with E-state index in [0.29, 0.717) is 12.5 Å². The van der Waals surface area contributed by atoms with E-state index in [0.717, 1.165) is 43.7 Å². The van der Waals surface area contributed by atoms with Crippen molar-refractivity contribution >= 4 is 5.96 Å². The largest absolute Gasteiger partial charge is 0.385 e. The maximum atomic E-state index is 5.05. The van der Waals surface area contributed by atoms with Crippen LogP contribution in [0.3, 0.4) is 0 Å². The smallest absolute Gasteiger partial charge is 0.191 e. The van der Waals surface area contributed by atoms with E-state index in [4.69, 9.17) is 4.74 Å². The number of aliphatic imine (C=N–C) groups is 1. The van der Waals surface area contributed by atoms with Crippen LogP contribution in [0, 0.1) is 12.8 Å². The molecule has 0 atom stereocenters. The van der Waals surface area contributed by atoms with Crippen molar-refractivity contribution in [1.82, 2.24) is 25.4 Å². The highest BCUT2D eigenvalue weighted by atomic mass is 16.5. The summed E-state index contributed by atoms with van der Waals surface area (Å²) >= 11 is 0. The zero-order valence-electron chi connectivity index (χ0n) is 13.8. The average Bonchev–Trinajstić information content (AvgIpc) is 2.77. The number of aryl methyl sites for hydroxylation is 1. The van der Waals surface area contributed by atoms with Crippen molar-refractivity contribution in [2.45, 2.75) is 33.7 Å². The third-order valence-corrected chi connectivity index (χ3v) is 3.06. The Morgan fingerprint density at radius 2 is 2.10 bits per heavy atom. The van der Waals surface area contributed by atoms with Gasteiger partial charge in [-0.05, 0) is 19.3 Å². The molecule has 0 saturated heterocycles. The lowest BCUT2D eigenvalue weighted by molar-refractivity contribution is 0.195. The molecule has 1 heterocycles. The van der Waals surface area contributed by atoms with Crippen LogP contribution in [0.1, 0.15) is 31.9 Å². The Morgan fingerprint density at radius 3 is 2.67 bits per heavy atom. The van der Waals surface area contributed by atoms with Gasteiger partial charge in [0.15, 0.2) is 11.8 Å². The van der Waals surface area contributed by atoms with E-state index in [1.165, 1.54) is 0 Å². The van der Waals surface area contributed by atoms with Crippen LogP contribution in [0.5, 0.6) is 0 Å². The van der Waals surface area contributed by atoms with E-state index in [-0.39, 0.29) is 0 Å². The molecule has 120 valence electrons. The van der Waals surface area contributed by atoms with Crippen molar-refractivity contribution in [3.8, 4) is 0 Å². The van der Waals surface area contributed by atoms with Gasteiger partial charge in [0, 0.05) is 33.9 Å². The Kier molecular flexibility index (Phi) is 7.74. The maximum absolute atomic E-state index is 5.05. The summed E-state index contributed by atoms with van der Waals surface area (Å²) in [5, 5.41) is 14.8. The third kappa shape index (κ3) is 6.57. The lowest BCUT2D eigenvalue weighted by Crippen LogP contribution is -2.40. The molecule has 0 aliphatic rings. The molecule has 1 aromatic heterocycles. The Morgan fingerprint density at radius 1 is 1.33 bits per heavy atom. The number of rotatable bonds is 8. The SMILES string of the molecule is COCCCNC(=NCc1nnc(C)n1C)NCC(C)C. The van der Waals surface area contributed by atoms with Crippen molar-refractivity contribution in [1.29, 1.82) is 0 Å². The van der Waals surface area contributed by atoms with Crippen LogP contribution in [0.15, 0.2) is 4.99 Å². The monoisotopic (exact) mass is 296 g/mol. The van der Waals surface area contributed by atoms with Crippen molar-refractivity contribution in [3.63, 3.8) is 0 Å². The minimum absolute atomic E-state index is 0.509. The summed E-state index contributed by atoms with van der Waals surface area (Å²) in [4.78, 5) is 4.57. The van der Waals surface area contributed by atoms with Crippen LogP contribution < -0.4 is 10.6 Å². The molecule has 1 rings (SSSR count). The number of methoxy groups -OCH3 is 1. The van der Waals surface area contributed by atoms with Gasteiger partial charge in [-0.3, -0.25) is 0 Å². The number of hydrogen-bond acceptors (Lipinski definition) is 4. The summed E-state index contributed by atoms with van der Waals surface area (Å²) < 4.78 is 7.00. The Bertz CT molecular complexity index is 441. The molecule has 7 nitrogen and oxygen atoms in total. The van der Waals surface area contributed by atoms with Gasteiger partial charge in [-0.25, -0.2) is 4.99 Å². The van der Waals surface area contributed by atoms with Crippen LogP contribution >= 0.6 is 0 Å². The maximum Gasteiger partial charge on any atom is 0.191 e. The van der Waals surface area contributed by atoms with Crippen LogP contribution in [0.2, 0.25) is 0 Å². The molecule has 0 amide bonds. The molecule has 0 unspecified atom stereocenters. The highest BCUT2D eigenvalue weighted by molar-refractivity contribution is 5.79. The van der Waals surface area contributed by atoms with Gasteiger partial charge in [0.2, 0.25) is 0 Å². The number of ether oxygens (including phenoxy) is 1. The van der Waals surface area contributed by atoms with Crippen LogP contribution in [0.25, 0.3) is 0 Å². The van der Waals surface area contributed by atoms with Crippen molar-refractivity contribution in [2.75, 3.05) is 26.8 Å². The number of guanidine groups is 1. The van der Waals surface area contributed by atoms with E-state index < -0.39 is 0 Å². The summed E-state index contributed by atoms with van der Waals surface area (Å²) in [7, 11) is 3.66. The van der Waals surface area contributed by atoms with Gasteiger partial charge in [0.05, 0.1) is 0 Å². The fourth-order valence-electron chi connectivity index (χ4n) is 1.64. The number of nitrogens with zero attached hydrogens (tertiary/aromatic N) is 4. The van der Waals surface area contributed by atoms with Crippen molar-refractivity contribution in [2.24, 2.45) is 18.0 Å². The zero-order chi connectivity index (χ0) is 15.7. The van der Waals surface area contributed by atoms with Gasteiger partial charge < -0.3 is 19.9 Å². The highest BCUT2D eigenvalue weighted by Gasteiger charge is 2.05. The molecule has 0 bridgehead atoms. The molecule has 0 aliphatic carbocycles. The van der Waals surface area contributed by atoms with Crippen LogP contribution in [-0.4, -0.2) is 47.5 Å². The molecule has 0 radical (unpaired) electrons. The molecule has 0 aliphatic heterocycles. The summed E-state index contributed by atoms with van der Waals surface area (Å²) in [6.07, 6.45) is 0.946. The predicted molar refractivity (Wildman–Crippen MR) is 84.2 cm³/mol. The predicted octanol–water partition coefficient (Wildman–Crippen LogP) is 0.851. The zero-order valence-corrected chi connectivity index (χ0v) is 13.8. The summed E-state index contributed by atoms with van der Waals surface area (Å²) in [5.41, 5.74) is 0. The second-order valence-corrected chi connectivity index (χ2v) is 5.44. The first-order chi connectivity index (χ1) is 10.0. The average molecular weight is 296 g/mol. The van der Waals surface area contributed by atoms with E-state index >= 15 is 0 Å². The van der Waals surface area contributed by atoms with Gasteiger partial charge >= 0.3 is 0 Å². The minimum atomic E-state index is 0.509. The van der Waals surface area contributed by atoms with Crippen LogP contribution in [0.4, 0.5) is 0 Å². The second kappa shape index (κ2) is 9.33. The van der Waals surface area contributed by atoms with Crippen LogP contribution in [-0.2, 0) is 18.3 Å². The molecule has 21 heavy (non-hydrogen) atoms. The lowest BCUT2D eigenvalue weighted by Gasteiger charge is -2.14. The normalized spacial score (nSPS) is 12.0. The quantitative estimate of drug-likeness (QED) is 0.422. The lowest BCUT2D eigenvalue weighted by atomic mass is 10.2. The Hall–Kier alpha value is -1.63. The molecule has 7 heteroatoms. The van der Waals surface area contributed by atoms with Crippen molar-refractivity contribution < 1.29 is 4.74 Å². The van der Waals surface area contributed by atoms with Crippen molar-refractivity contribution in [3.05, 3.63) is 11.6 Å². The molecular formula is C14H28N6O. The Labute approximate surface area is 127 Å². The first-order valence-electron chi connectivity index (χ1n) is 7.40. The fourth-order valence-corrected chi connectivity index (χ4v) is 1.64. The topological polar surface area (TPSA) is 76.4 Å². The van der Waals surface area contributed by atoms with Gasteiger partial charge in [0.25, 0.3) is 0 Å². The summed E-state index contributed by atoms with van der Waals surface area (Å²) in [6.45, 7) is 9.23. The molecule has 0 spiro atoms. The van der Waals surface area contributed by atoms with Gasteiger partial charge in [0.1, 0.15) is 12.4 Å². The van der Waals surface area contributed by atoms with Gasteiger partial charge in [-0.15, -0.1) is 10.2 Å². The first-order valence-corrected chi connectivity index (χ1v) is 7.40. The van der Waals surface area contributed by atoms with E-state index in [2.05, 4.69) is 39.7 Å². The highest BCUT2D eigenvalue weighted by Crippen LogP contribution is 1.99. The molecule has 0 fully saturated rings. The summed E-state index contributed by atoms with van der Waals surface area (Å²) in [5.74, 6) is 3.12. The van der Waals surface area contributed by atoms with E-state index in [1.54, 1.807) is 7.11 Å². The number of hydrogen-bond donors (Lipinski definition) is 2. The minimum Gasteiger partial charge on any atom is -0.385 e. The molecule has 2 N–H and O–H groups in total. The second-order valence-electron chi connectivity index (χ2n) is 5.44. The standard InChI is InChI=1S/C14H28N6O/c1-11(2)9-16-14(15-7-6-8-21-5)17-10-13-19-18-12(3)20(13)4/h11H,6-10H2,1-5H3,(H2,15,16,17). The summed E-state index contributed by atoms with van der Waals surface area (Å²) in [6, 6.07) is 0. The molecule has 0 aromatic carbocycles. The molecule has 0 saturated carbocycles.